The van der Waals surface area contributed by atoms with E-state index in [4.69, 9.17) is 28.9 Å². The van der Waals surface area contributed by atoms with E-state index >= 15 is 0 Å². The van der Waals surface area contributed by atoms with E-state index in [1.54, 1.807) is 18.2 Å². The van der Waals surface area contributed by atoms with Crippen molar-refractivity contribution in [3.05, 3.63) is 61.1 Å². The third kappa shape index (κ3) is 3.77. The Morgan fingerprint density at radius 1 is 1.20 bits per heavy atom. The van der Waals surface area contributed by atoms with Crippen molar-refractivity contribution in [2.24, 2.45) is 5.73 Å². The fraction of sp³-hybridized carbons (Fsp3) is 0.0714. The van der Waals surface area contributed by atoms with Crippen LogP contribution in [0.4, 0.5) is 5.69 Å². The van der Waals surface area contributed by atoms with Gasteiger partial charge in [0.05, 0.1) is 0 Å². The molecule has 2 aromatic rings. The van der Waals surface area contributed by atoms with Crippen molar-refractivity contribution in [3.63, 3.8) is 0 Å². The van der Waals surface area contributed by atoms with Crippen LogP contribution in [-0.4, -0.2) is 5.91 Å². The number of nitrogens with two attached hydrogens (primary N) is 1. The average molecular weight is 421 g/mol. The van der Waals surface area contributed by atoms with Gasteiger partial charge < -0.3 is 11.1 Å². The predicted molar refractivity (Wildman–Crippen MR) is 91.5 cm³/mol. The average Bonchev–Trinajstić information content (AvgIpc) is 2.38. The number of carbonyl (C=O) groups excluding carboxylic acids is 1. The van der Waals surface area contributed by atoms with E-state index < -0.39 is 5.91 Å². The molecule has 0 saturated heterocycles. The minimum absolute atomic E-state index is 0.403. The highest BCUT2D eigenvalue weighted by molar-refractivity contribution is 14.1. The molecule has 2 rings (SSSR count). The molecule has 20 heavy (non-hydrogen) atoms. The van der Waals surface area contributed by atoms with Crippen LogP contribution in [0.3, 0.4) is 0 Å². The zero-order valence-electron chi connectivity index (χ0n) is 10.3. The normalized spacial score (nSPS) is 10.3. The molecule has 0 aliphatic rings. The lowest BCUT2D eigenvalue weighted by Crippen LogP contribution is -2.11. The fourth-order valence-corrected chi connectivity index (χ4v) is 2.98. The molecule has 2 aromatic carbocycles. The molecule has 1 amide bonds. The number of amides is 1. The quantitative estimate of drug-likeness (QED) is 0.724. The standard InChI is InChI=1S/C14H11Cl2IN2O/c15-10-3-4-13(12(17)6-10)19-7-9-2-1-8(14(18)20)5-11(9)16/h1-6,19H,7H2,(H2,18,20). The van der Waals surface area contributed by atoms with Crippen LogP contribution in [0.5, 0.6) is 0 Å². The zero-order chi connectivity index (χ0) is 14.7. The molecule has 0 atom stereocenters. The second-order valence-corrected chi connectivity index (χ2v) is 6.15. The van der Waals surface area contributed by atoms with Gasteiger partial charge in [-0.1, -0.05) is 29.3 Å². The van der Waals surface area contributed by atoms with E-state index in [1.165, 1.54) is 0 Å². The predicted octanol–water partition coefficient (Wildman–Crippen LogP) is 4.31. The van der Waals surface area contributed by atoms with Crippen LogP contribution < -0.4 is 11.1 Å². The van der Waals surface area contributed by atoms with Gasteiger partial charge in [0, 0.05) is 31.4 Å². The highest BCUT2D eigenvalue weighted by Crippen LogP contribution is 2.24. The first-order valence-electron chi connectivity index (χ1n) is 5.74. The van der Waals surface area contributed by atoms with Crippen molar-refractivity contribution < 1.29 is 4.79 Å². The van der Waals surface area contributed by atoms with Crippen molar-refractivity contribution in [3.8, 4) is 0 Å². The molecule has 0 aliphatic carbocycles. The third-order valence-electron chi connectivity index (χ3n) is 2.74. The summed E-state index contributed by atoms with van der Waals surface area (Å²) in [6.07, 6.45) is 0. The van der Waals surface area contributed by atoms with Gasteiger partial charge in [0.1, 0.15) is 0 Å². The van der Waals surface area contributed by atoms with Crippen molar-refractivity contribution in [1.82, 2.24) is 0 Å². The fourth-order valence-electron chi connectivity index (χ4n) is 1.67. The highest BCUT2D eigenvalue weighted by atomic mass is 127. The van der Waals surface area contributed by atoms with E-state index in [9.17, 15) is 4.79 Å². The van der Waals surface area contributed by atoms with Gasteiger partial charge in [0.2, 0.25) is 5.91 Å². The number of hydrogen-bond donors (Lipinski definition) is 2. The summed E-state index contributed by atoms with van der Waals surface area (Å²) in [4.78, 5) is 11.1. The minimum atomic E-state index is -0.487. The molecule has 0 bridgehead atoms. The summed E-state index contributed by atoms with van der Waals surface area (Å²) in [5.74, 6) is -0.487. The molecule has 0 spiro atoms. The smallest absolute Gasteiger partial charge is 0.248 e. The molecule has 0 fully saturated rings. The second-order valence-electron chi connectivity index (χ2n) is 4.15. The summed E-state index contributed by atoms with van der Waals surface area (Å²) < 4.78 is 1.03. The van der Waals surface area contributed by atoms with Crippen LogP contribution in [0.15, 0.2) is 36.4 Å². The number of benzene rings is 2. The maximum Gasteiger partial charge on any atom is 0.248 e. The largest absolute Gasteiger partial charge is 0.380 e. The summed E-state index contributed by atoms with van der Waals surface area (Å²) in [6.45, 7) is 0.551. The number of halogens is 3. The Kier molecular flexibility index (Phi) is 5.12. The lowest BCUT2D eigenvalue weighted by molar-refractivity contribution is 0.100. The monoisotopic (exact) mass is 420 g/mol. The molecule has 3 nitrogen and oxygen atoms in total. The summed E-state index contributed by atoms with van der Waals surface area (Å²) in [5, 5.41) is 4.49. The highest BCUT2D eigenvalue weighted by Gasteiger charge is 2.06. The van der Waals surface area contributed by atoms with E-state index in [2.05, 4.69) is 27.9 Å². The first-order chi connectivity index (χ1) is 9.47. The third-order valence-corrected chi connectivity index (χ3v) is 4.22. The summed E-state index contributed by atoms with van der Waals surface area (Å²) in [7, 11) is 0. The number of anilines is 1. The van der Waals surface area contributed by atoms with Gasteiger partial charge in [-0.2, -0.15) is 0 Å². The molecule has 0 aromatic heterocycles. The van der Waals surface area contributed by atoms with Gasteiger partial charge in [0.15, 0.2) is 0 Å². The second kappa shape index (κ2) is 6.65. The van der Waals surface area contributed by atoms with E-state index in [0.717, 1.165) is 14.8 Å². The van der Waals surface area contributed by atoms with Crippen molar-refractivity contribution >= 4 is 57.4 Å². The minimum Gasteiger partial charge on any atom is -0.380 e. The Balaban J connectivity index is 2.13. The molecular formula is C14H11Cl2IN2O. The van der Waals surface area contributed by atoms with Gasteiger partial charge in [-0.3, -0.25) is 4.79 Å². The Bertz CT molecular complexity index is 662. The Hall–Kier alpha value is -0.980. The Morgan fingerprint density at radius 2 is 1.95 bits per heavy atom. The van der Waals surface area contributed by atoms with Crippen LogP contribution in [-0.2, 0) is 6.54 Å². The molecule has 0 heterocycles. The first kappa shape index (κ1) is 15.4. The van der Waals surface area contributed by atoms with E-state index in [0.29, 0.717) is 22.2 Å². The Morgan fingerprint density at radius 3 is 2.55 bits per heavy atom. The number of primary amides is 1. The number of rotatable bonds is 4. The maximum absolute atomic E-state index is 11.1. The molecular weight excluding hydrogens is 410 g/mol. The lowest BCUT2D eigenvalue weighted by atomic mass is 10.1. The topological polar surface area (TPSA) is 55.1 Å². The van der Waals surface area contributed by atoms with Gasteiger partial charge in [0.25, 0.3) is 0 Å². The molecule has 104 valence electrons. The zero-order valence-corrected chi connectivity index (χ0v) is 14.0. The van der Waals surface area contributed by atoms with Crippen LogP contribution in [0, 0.1) is 3.57 Å². The summed E-state index contributed by atoms with van der Waals surface area (Å²) >= 11 is 14.3. The van der Waals surface area contributed by atoms with Crippen molar-refractivity contribution in [2.75, 3.05) is 5.32 Å². The molecule has 0 unspecified atom stereocenters. The lowest BCUT2D eigenvalue weighted by Gasteiger charge is -2.10. The van der Waals surface area contributed by atoms with Gasteiger partial charge >= 0.3 is 0 Å². The molecule has 3 N–H and O–H groups in total. The number of hydrogen-bond acceptors (Lipinski definition) is 2. The number of nitrogens with one attached hydrogen (secondary N) is 1. The maximum atomic E-state index is 11.1. The molecule has 0 saturated carbocycles. The van der Waals surface area contributed by atoms with Gasteiger partial charge in [-0.25, -0.2) is 0 Å². The van der Waals surface area contributed by atoms with Crippen LogP contribution in [0.1, 0.15) is 15.9 Å². The molecule has 0 aliphatic heterocycles. The molecule has 0 radical (unpaired) electrons. The van der Waals surface area contributed by atoms with E-state index in [-0.39, 0.29) is 0 Å². The van der Waals surface area contributed by atoms with E-state index in [1.807, 2.05) is 18.2 Å². The van der Waals surface area contributed by atoms with Crippen molar-refractivity contribution in [1.29, 1.82) is 0 Å². The van der Waals surface area contributed by atoms with Gasteiger partial charge in [-0.15, -0.1) is 0 Å². The van der Waals surface area contributed by atoms with Crippen LogP contribution in [0.25, 0.3) is 0 Å². The SMILES string of the molecule is NC(=O)c1ccc(CNc2ccc(Cl)cc2I)c(Cl)c1. The van der Waals surface area contributed by atoms with Crippen LogP contribution in [0.2, 0.25) is 10.0 Å². The Labute approximate surface area is 140 Å². The van der Waals surface area contributed by atoms with Crippen molar-refractivity contribution in [2.45, 2.75) is 6.54 Å². The summed E-state index contributed by atoms with van der Waals surface area (Å²) in [6, 6.07) is 10.6. The first-order valence-corrected chi connectivity index (χ1v) is 7.58. The van der Waals surface area contributed by atoms with Crippen LogP contribution >= 0.6 is 45.8 Å². The van der Waals surface area contributed by atoms with Gasteiger partial charge in [-0.05, 0) is 58.5 Å². The number of carbonyl (C=O) groups is 1. The summed E-state index contributed by atoms with van der Waals surface area (Å²) in [5.41, 5.74) is 7.48. The molecule has 6 heteroatoms.